The Kier molecular flexibility index (Phi) is 7.22. The number of hydrogen-bond acceptors (Lipinski definition) is 4. The van der Waals surface area contributed by atoms with Gasteiger partial charge in [0, 0.05) is 12.1 Å². The van der Waals surface area contributed by atoms with Crippen LogP contribution in [-0.4, -0.2) is 25.0 Å². The highest BCUT2D eigenvalue weighted by atomic mass is 32.1. The van der Waals surface area contributed by atoms with Crippen molar-refractivity contribution in [3.8, 4) is 11.5 Å². The van der Waals surface area contributed by atoms with Gasteiger partial charge in [0.15, 0.2) is 16.6 Å². The highest BCUT2D eigenvalue weighted by molar-refractivity contribution is 7.80. The Morgan fingerprint density at radius 1 is 1.20 bits per heavy atom. The van der Waals surface area contributed by atoms with Crippen LogP contribution in [-0.2, 0) is 6.61 Å². The van der Waals surface area contributed by atoms with Gasteiger partial charge in [-0.15, -0.1) is 0 Å². The van der Waals surface area contributed by atoms with Crippen LogP contribution in [0.15, 0.2) is 47.6 Å². The number of nitrogens with zero attached hydrogens (tertiary/aromatic N) is 1. The molecule has 0 spiro atoms. The minimum Gasteiger partial charge on any atom is -0.493 e. The zero-order valence-electron chi connectivity index (χ0n) is 14.7. The summed E-state index contributed by atoms with van der Waals surface area (Å²) >= 11 is 5.09. The van der Waals surface area contributed by atoms with E-state index in [4.69, 9.17) is 21.7 Å². The van der Waals surface area contributed by atoms with Crippen LogP contribution in [0.3, 0.4) is 0 Å². The van der Waals surface area contributed by atoms with Gasteiger partial charge in [-0.25, -0.2) is 0 Å². The molecule has 0 bridgehead atoms. The fourth-order valence-electron chi connectivity index (χ4n) is 2.23. The summed E-state index contributed by atoms with van der Waals surface area (Å²) < 4.78 is 11.5. The van der Waals surface area contributed by atoms with E-state index in [1.807, 2.05) is 37.3 Å². The smallest absolute Gasteiger partial charge is 0.186 e. The number of para-hydroxylation sites is 1. The van der Waals surface area contributed by atoms with E-state index in [2.05, 4.69) is 34.9 Å². The van der Waals surface area contributed by atoms with Gasteiger partial charge < -0.3 is 14.8 Å². The first-order valence-electron chi connectivity index (χ1n) is 8.07. The molecular weight excluding hydrogens is 334 g/mol. The van der Waals surface area contributed by atoms with Crippen LogP contribution in [0, 0.1) is 6.92 Å². The molecule has 0 amide bonds. The molecule has 2 aromatic rings. The highest BCUT2D eigenvalue weighted by Crippen LogP contribution is 2.31. The highest BCUT2D eigenvalue weighted by Gasteiger charge is 2.10. The van der Waals surface area contributed by atoms with Crippen molar-refractivity contribution in [1.29, 1.82) is 0 Å². The number of aryl methyl sites for hydroxylation is 1. The monoisotopic (exact) mass is 357 g/mol. The molecular formula is C19H23N3O2S. The SMILES string of the molecule is CCNC(=S)NN=Cc1cccc(OC)c1OCc1ccccc1C. The molecule has 2 aromatic carbocycles. The molecule has 0 saturated heterocycles. The second-order valence-corrected chi connectivity index (χ2v) is 5.73. The largest absolute Gasteiger partial charge is 0.493 e. The van der Waals surface area contributed by atoms with Crippen molar-refractivity contribution < 1.29 is 9.47 Å². The van der Waals surface area contributed by atoms with Crippen molar-refractivity contribution in [3.63, 3.8) is 0 Å². The van der Waals surface area contributed by atoms with E-state index in [1.165, 1.54) is 5.56 Å². The zero-order chi connectivity index (χ0) is 18.1. The van der Waals surface area contributed by atoms with Crippen molar-refractivity contribution in [2.24, 2.45) is 5.10 Å². The molecule has 0 saturated carbocycles. The fraction of sp³-hybridized carbons (Fsp3) is 0.263. The van der Waals surface area contributed by atoms with Crippen LogP contribution < -0.4 is 20.2 Å². The normalized spacial score (nSPS) is 10.5. The Morgan fingerprint density at radius 3 is 2.72 bits per heavy atom. The van der Waals surface area contributed by atoms with E-state index in [9.17, 15) is 0 Å². The number of hydrazone groups is 1. The second-order valence-electron chi connectivity index (χ2n) is 5.32. The molecule has 132 valence electrons. The van der Waals surface area contributed by atoms with E-state index in [0.29, 0.717) is 23.2 Å². The van der Waals surface area contributed by atoms with E-state index in [-0.39, 0.29) is 0 Å². The molecule has 0 unspecified atom stereocenters. The second kappa shape index (κ2) is 9.64. The number of hydrogen-bond donors (Lipinski definition) is 2. The minimum atomic E-state index is 0.455. The number of rotatable bonds is 7. The molecule has 2 rings (SSSR count). The first-order valence-corrected chi connectivity index (χ1v) is 8.47. The Morgan fingerprint density at radius 2 is 2.00 bits per heavy atom. The summed E-state index contributed by atoms with van der Waals surface area (Å²) in [5.41, 5.74) is 5.89. The number of nitrogens with one attached hydrogen (secondary N) is 2. The summed E-state index contributed by atoms with van der Waals surface area (Å²) in [5.74, 6) is 1.31. The maximum atomic E-state index is 6.04. The van der Waals surface area contributed by atoms with Gasteiger partial charge >= 0.3 is 0 Å². The van der Waals surface area contributed by atoms with Crippen LogP contribution >= 0.6 is 12.2 Å². The van der Waals surface area contributed by atoms with Gasteiger partial charge in [0.05, 0.1) is 13.3 Å². The third-order valence-corrected chi connectivity index (χ3v) is 3.81. The van der Waals surface area contributed by atoms with Gasteiger partial charge in [0.2, 0.25) is 0 Å². The summed E-state index contributed by atoms with van der Waals surface area (Å²) in [6, 6.07) is 13.8. The molecule has 25 heavy (non-hydrogen) atoms. The van der Waals surface area contributed by atoms with Crippen LogP contribution in [0.2, 0.25) is 0 Å². The third-order valence-electron chi connectivity index (χ3n) is 3.57. The van der Waals surface area contributed by atoms with Crippen molar-refractivity contribution >= 4 is 23.5 Å². The Labute approximate surface area is 154 Å². The van der Waals surface area contributed by atoms with Gasteiger partial charge in [0.1, 0.15) is 6.61 Å². The minimum absolute atomic E-state index is 0.455. The van der Waals surface area contributed by atoms with Gasteiger partial charge in [0.25, 0.3) is 0 Å². The number of thiocarbonyl (C=S) groups is 1. The van der Waals surface area contributed by atoms with Gasteiger partial charge in [-0.05, 0) is 49.3 Å². The van der Waals surface area contributed by atoms with Crippen LogP contribution in [0.1, 0.15) is 23.6 Å². The van der Waals surface area contributed by atoms with Crippen molar-refractivity contribution in [2.75, 3.05) is 13.7 Å². The fourth-order valence-corrected chi connectivity index (χ4v) is 2.43. The lowest BCUT2D eigenvalue weighted by Crippen LogP contribution is -2.31. The van der Waals surface area contributed by atoms with E-state index < -0.39 is 0 Å². The average Bonchev–Trinajstić information content (AvgIpc) is 2.61. The standard InChI is InChI=1S/C19H23N3O2S/c1-4-20-19(25)22-21-12-15-10-7-11-17(23-3)18(15)24-13-16-9-6-5-8-14(16)2/h5-12H,4,13H2,1-3H3,(H2,20,22,25). The first-order chi connectivity index (χ1) is 12.2. The van der Waals surface area contributed by atoms with Crippen molar-refractivity contribution in [3.05, 3.63) is 59.2 Å². The summed E-state index contributed by atoms with van der Waals surface area (Å²) in [5, 5.41) is 7.60. The number of methoxy groups -OCH3 is 1. The van der Waals surface area contributed by atoms with Gasteiger partial charge in [-0.2, -0.15) is 5.10 Å². The lowest BCUT2D eigenvalue weighted by atomic mass is 10.1. The zero-order valence-corrected chi connectivity index (χ0v) is 15.5. The maximum absolute atomic E-state index is 6.04. The molecule has 0 aliphatic rings. The molecule has 0 atom stereocenters. The predicted octanol–water partition coefficient (Wildman–Crippen LogP) is 3.40. The quantitative estimate of drug-likeness (QED) is 0.452. The molecule has 0 radical (unpaired) electrons. The molecule has 0 aromatic heterocycles. The summed E-state index contributed by atoms with van der Waals surface area (Å²) in [4.78, 5) is 0. The number of ether oxygens (including phenoxy) is 2. The summed E-state index contributed by atoms with van der Waals surface area (Å²) in [6.07, 6.45) is 1.67. The topological polar surface area (TPSA) is 54.9 Å². The van der Waals surface area contributed by atoms with E-state index in [0.717, 1.165) is 17.7 Å². The average molecular weight is 357 g/mol. The van der Waals surface area contributed by atoms with Crippen molar-refractivity contribution in [2.45, 2.75) is 20.5 Å². The molecule has 0 aliphatic heterocycles. The van der Waals surface area contributed by atoms with Crippen LogP contribution in [0.25, 0.3) is 0 Å². The lowest BCUT2D eigenvalue weighted by molar-refractivity contribution is 0.283. The summed E-state index contributed by atoms with van der Waals surface area (Å²) in [6.45, 7) is 5.23. The number of benzene rings is 2. The molecule has 6 heteroatoms. The predicted molar refractivity (Wildman–Crippen MR) is 106 cm³/mol. The Balaban J connectivity index is 2.16. The molecule has 0 aliphatic carbocycles. The lowest BCUT2D eigenvalue weighted by Gasteiger charge is -2.14. The maximum Gasteiger partial charge on any atom is 0.186 e. The molecule has 2 N–H and O–H groups in total. The Hall–Kier alpha value is -2.60. The Bertz CT molecular complexity index is 747. The van der Waals surface area contributed by atoms with Gasteiger partial charge in [-0.1, -0.05) is 30.3 Å². The molecule has 0 heterocycles. The van der Waals surface area contributed by atoms with Gasteiger partial charge in [-0.3, -0.25) is 5.43 Å². The third kappa shape index (κ3) is 5.46. The molecule has 5 nitrogen and oxygen atoms in total. The summed E-state index contributed by atoms with van der Waals surface area (Å²) in [7, 11) is 1.62. The van der Waals surface area contributed by atoms with Crippen molar-refractivity contribution in [1.82, 2.24) is 10.7 Å². The first kappa shape index (κ1) is 18.7. The molecule has 0 fully saturated rings. The van der Waals surface area contributed by atoms with E-state index in [1.54, 1.807) is 13.3 Å². The van der Waals surface area contributed by atoms with Crippen LogP contribution in [0.4, 0.5) is 0 Å². The van der Waals surface area contributed by atoms with Crippen LogP contribution in [0.5, 0.6) is 11.5 Å². The van der Waals surface area contributed by atoms with E-state index >= 15 is 0 Å².